The van der Waals surface area contributed by atoms with Crippen molar-refractivity contribution in [2.75, 3.05) is 32.5 Å². The van der Waals surface area contributed by atoms with Gasteiger partial charge in [0, 0.05) is 24.3 Å². The SMILES string of the molecule is CN(C)CCNS(=O)(=O)c1cccc(NC(=O)Oc2cnn3c(C(F)(F)F)cc(-c4ccc(C(F)(F)F)cc4)nc23)c1. The number of halogens is 6. The lowest BCUT2D eigenvalue weighted by Crippen LogP contribution is -2.31. The summed E-state index contributed by atoms with van der Waals surface area (Å²) in [4.78, 5) is 18.3. The van der Waals surface area contributed by atoms with Gasteiger partial charge in [0.15, 0.2) is 17.1 Å². The minimum atomic E-state index is -4.96. The lowest BCUT2D eigenvalue weighted by Gasteiger charge is -2.13. The second-order valence-corrected chi connectivity index (χ2v) is 10.9. The number of sulfonamides is 1. The van der Waals surface area contributed by atoms with Crippen LogP contribution in [0.25, 0.3) is 16.9 Å². The summed E-state index contributed by atoms with van der Waals surface area (Å²) in [6.45, 7) is 0.568. The second kappa shape index (κ2) is 11.6. The molecule has 0 spiro atoms. The second-order valence-electron chi connectivity index (χ2n) is 9.09. The zero-order chi connectivity index (χ0) is 30.9. The van der Waals surface area contributed by atoms with Gasteiger partial charge >= 0.3 is 18.4 Å². The molecule has 0 unspecified atom stereocenters. The average Bonchev–Trinajstić information content (AvgIpc) is 3.29. The Balaban J connectivity index is 1.60. The topological polar surface area (TPSA) is 118 Å². The van der Waals surface area contributed by atoms with Crippen LogP contribution in [0.1, 0.15) is 11.3 Å². The summed E-state index contributed by atoms with van der Waals surface area (Å²) < 4.78 is 113. The molecular weight excluding hydrogens is 594 g/mol. The van der Waals surface area contributed by atoms with Crippen molar-refractivity contribution in [1.82, 2.24) is 24.2 Å². The Hall–Kier alpha value is -4.22. The fourth-order valence-corrected chi connectivity index (χ4v) is 4.73. The average molecular weight is 617 g/mol. The highest BCUT2D eigenvalue weighted by atomic mass is 32.2. The summed E-state index contributed by atoms with van der Waals surface area (Å²) in [5.74, 6) is -0.499. The van der Waals surface area contributed by atoms with Crippen molar-refractivity contribution in [2.24, 2.45) is 0 Å². The van der Waals surface area contributed by atoms with E-state index in [1.807, 2.05) is 0 Å². The van der Waals surface area contributed by atoms with Crippen molar-refractivity contribution >= 4 is 27.5 Å². The molecule has 0 fully saturated rings. The maximum atomic E-state index is 13.8. The molecule has 4 rings (SSSR count). The maximum Gasteiger partial charge on any atom is 0.433 e. The first-order valence-electron chi connectivity index (χ1n) is 11.9. The van der Waals surface area contributed by atoms with E-state index in [9.17, 15) is 39.6 Å². The van der Waals surface area contributed by atoms with Crippen LogP contribution in [0.2, 0.25) is 0 Å². The number of nitrogens with zero attached hydrogens (tertiary/aromatic N) is 4. The van der Waals surface area contributed by atoms with E-state index >= 15 is 0 Å². The van der Waals surface area contributed by atoms with Gasteiger partial charge in [0.05, 0.1) is 22.3 Å². The van der Waals surface area contributed by atoms with Gasteiger partial charge < -0.3 is 9.64 Å². The van der Waals surface area contributed by atoms with Crippen molar-refractivity contribution in [1.29, 1.82) is 0 Å². The molecule has 2 aromatic carbocycles. The molecule has 0 radical (unpaired) electrons. The molecule has 224 valence electrons. The van der Waals surface area contributed by atoms with E-state index in [1.165, 1.54) is 18.2 Å². The highest BCUT2D eigenvalue weighted by molar-refractivity contribution is 7.89. The number of rotatable bonds is 8. The van der Waals surface area contributed by atoms with E-state index in [4.69, 9.17) is 4.74 Å². The molecule has 17 heteroatoms. The molecule has 2 heterocycles. The van der Waals surface area contributed by atoms with E-state index < -0.39 is 51.1 Å². The number of carbonyl (C=O) groups is 1. The largest absolute Gasteiger partial charge is 0.433 e. The minimum absolute atomic E-state index is 0.00124. The number of alkyl halides is 6. The molecule has 42 heavy (non-hydrogen) atoms. The lowest BCUT2D eigenvalue weighted by molar-refractivity contribution is -0.142. The molecule has 0 aliphatic heterocycles. The van der Waals surface area contributed by atoms with Crippen molar-refractivity contribution in [3.8, 4) is 17.0 Å². The highest BCUT2D eigenvalue weighted by Gasteiger charge is 2.36. The third-order valence-corrected chi connectivity index (χ3v) is 7.14. The number of fused-ring (bicyclic) bond motifs is 1. The number of carbonyl (C=O) groups excluding carboxylic acids is 1. The van der Waals surface area contributed by atoms with Gasteiger partial charge in [-0.25, -0.2) is 27.4 Å². The summed E-state index contributed by atoms with van der Waals surface area (Å²) in [5, 5.41) is 5.89. The van der Waals surface area contributed by atoms with Crippen molar-refractivity contribution in [3.63, 3.8) is 0 Å². The Morgan fingerprint density at radius 3 is 2.31 bits per heavy atom. The van der Waals surface area contributed by atoms with Gasteiger partial charge in [-0.2, -0.15) is 31.4 Å². The lowest BCUT2D eigenvalue weighted by atomic mass is 10.1. The number of ether oxygens (including phenoxy) is 1. The predicted octanol–water partition coefficient (Wildman–Crippen LogP) is 4.88. The van der Waals surface area contributed by atoms with Gasteiger partial charge in [0.1, 0.15) is 0 Å². The van der Waals surface area contributed by atoms with Gasteiger partial charge in [0.2, 0.25) is 10.0 Å². The van der Waals surface area contributed by atoms with Crippen LogP contribution < -0.4 is 14.8 Å². The molecule has 0 aliphatic rings. The third-order valence-electron chi connectivity index (χ3n) is 5.68. The van der Waals surface area contributed by atoms with Crippen LogP contribution in [0, 0.1) is 0 Å². The molecule has 0 saturated carbocycles. The van der Waals surface area contributed by atoms with Crippen LogP contribution in [0.4, 0.5) is 36.8 Å². The summed E-state index contributed by atoms with van der Waals surface area (Å²) in [6, 6.07) is 9.08. The van der Waals surface area contributed by atoms with Gasteiger partial charge in [-0.15, -0.1) is 0 Å². The monoisotopic (exact) mass is 616 g/mol. The van der Waals surface area contributed by atoms with Gasteiger partial charge in [-0.3, -0.25) is 5.32 Å². The van der Waals surface area contributed by atoms with Crippen molar-refractivity contribution < 1.29 is 44.3 Å². The maximum absolute atomic E-state index is 13.8. The summed E-state index contributed by atoms with van der Waals surface area (Å²) >= 11 is 0. The zero-order valence-electron chi connectivity index (χ0n) is 21.8. The van der Waals surface area contributed by atoms with Crippen molar-refractivity contribution in [3.05, 3.63) is 72.1 Å². The molecule has 10 nitrogen and oxygen atoms in total. The van der Waals surface area contributed by atoms with Gasteiger partial charge in [0.25, 0.3) is 0 Å². The molecule has 0 saturated heterocycles. The number of aromatic nitrogens is 3. The first-order valence-corrected chi connectivity index (χ1v) is 13.4. The number of hydrogen-bond acceptors (Lipinski definition) is 7. The Morgan fingerprint density at radius 2 is 1.69 bits per heavy atom. The summed E-state index contributed by atoms with van der Waals surface area (Å²) in [7, 11) is -0.380. The van der Waals surface area contributed by atoms with Crippen molar-refractivity contribution in [2.45, 2.75) is 17.2 Å². The van der Waals surface area contributed by atoms with E-state index in [1.54, 1.807) is 19.0 Å². The molecule has 0 atom stereocenters. The van der Waals surface area contributed by atoms with Crippen LogP contribution in [-0.4, -0.2) is 61.2 Å². The van der Waals surface area contributed by atoms with E-state index in [2.05, 4.69) is 20.1 Å². The van der Waals surface area contributed by atoms with Gasteiger partial charge in [-0.1, -0.05) is 18.2 Å². The quantitative estimate of drug-likeness (QED) is 0.271. The summed E-state index contributed by atoms with van der Waals surface area (Å²) in [5.41, 5.74) is -3.29. The molecule has 1 amide bonds. The Bertz CT molecular complexity index is 1700. The Labute approximate surface area is 235 Å². The fraction of sp³-hybridized carbons (Fsp3) is 0.240. The number of nitrogens with one attached hydrogen (secondary N) is 2. The molecule has 0 bridgehead atoms. The van der Waals surface area contributed by atoms with Crippen LogP contribution in [-0.2, 0) is 22.4 Å². The molecule has 2 aromatic heterocycles. The van der Waals surface area contributed by atoms with E-state index in [0.717, 1.165) is 24.4 Å². The molecule has 2 N–H and O–H groups in total. The highest BCUT2D eigenvalue weighted by Crippen LogP contribution is 2.35. The Morgan fingerprint density at radius 1 is 1.00 bits per heavy atom. The fourth-order valence-electron chi connectivity index (χ4n) is 3.67. The number of hydrogen-bond donors (Lipinski definition) is 2. The number of anilines is 1. The zero-order valence-corrected chi connectivity index (χ0v) is 22.6. The van der Waals surface area contributed by atoms with E-state index in [0.29, 0.717) is 29.3 Å². The minimum Gasteiger partial charge on any atom is -0.404 e. The smallest absolute Gasteiger partial charge is 0.404 e. The molecular formula is C25H22F6N6O4S. The van der Waals surface area contributed by atoms with Crippen LogP contribution >= 0.6 is 0 Å². The Kier molecular flexibility index (Phi) is 8.47. The first kappa shape index (κ1) is 30.7. The third kappa shape index (κ3) is 7.15. The first-order chi connectivity index (χ1) is 19.5. The van der Waals surface area contributed by atoms with Crippen LogP contribution in [0.3, 0.4) is 0 Å². The standard InChI is InChI=1S/C25H22F6N6O4S/c1-36(2)11-10-33-42(39,40)18-5-3-4-17(12-18)34-23(38)41-20-14-32-37-21(25(29,30)31)13-19(35-22(20)37)15-6-8-16(9-7-15)24(26,27)28/h3-9,12-14,33H,10-11H2,1-2H3,(H,34,38). The van der Waals surface area contributed by atoms with Gasteiger partial charge in [-0.05, 0) is 50.5 Å². The molecule has 0 aliphatic carbocycles. The van der Waals surface area contributed by atoms with Crippen LogP contribution in [0.5, 0.6) is 5.75 Å². The normalized spacial score (nSPS) is 12.6. The number of likely N-dealkylation sites (N-methyl/N-ethyl adjacent to an activating group) is 1. The predicted molar refractivity (Wildman–Crippen MR) is 138 cm³/mol. The summed E-state index contributed by atoms with van der Waals surface area (Å²) in [6.07, 6.45) is -10.0. The van der Waals surface area contributed by atoms with Crippen LogP contribution in [0.15, 0.2) is 65.7 Å². The van der Waals surface area contributed by atoms with E-state index in [-0.39, 0.29) is 28.4 Å². The molecule has 4 aromatic rings. The number of benzene rings is 2. The number of amides is 1.